The Morgan fingerprint density at radius 2 is 1.87 bits per heavy atom. The van der Waals surface area contributed by atoms with Crippen molar-refractivity contribution in [2.75, 3.05) is 17.7 Å². The molecule has 2 heterocycles. The first-order chi connectivity index (χ1) is 14.6. The smallest absolute Gasteiger partial charge is 0.296 e. The highest BCUT2D eigenvalue weighted by molar-refractivity contribution is 5.72. The maximum Gasteiger partial charge on any atom is 0.296 e. The van der Waals surface area contributed by atoms with Crippen LogP contribution in [0, 0.1) is 10.1 Å². The van der Waals surface area contributed by atoms with Crippen molar-refractivity contribution >= 4 is 23.1 Å². The van der Waals surface area contributed by atoms with Gasteiger partial charge in [-0.15, -0.1) is 0 Å². The minimum absolute atomic E-state index is 0.0938. The van der Waals surface area contributed by atoms with Crippen molar-refractivity contribution in [3.63, 3.8) is 0 Å². The zero-order chi connectivity index (χ0) is 20.9. The molecule has 3 aromatic rings. The average Bonchev–Trinajstić information content (AvgIpc) is 3.27. The summed E-state index contributed by atoms with van der Waals surface area (Å²) in [5.41, 5.74) is 1.82. The summed E-state index contributed by atoms with van der Waals surface area (Å²) in [7, 11) is 1.47. The number of nitro benzene ring substituents is 1. The van der Waals surface area contributed by atoms with Gasteiger partial charge in [0.2, 0.25) is 5.95 Å². The van der Waals surface area contributed by atoms with Gasteiger partial charge in [-0.25, -0.2) is 4.98 Å². The molecule has 2 aromatic heterocycles. The lowest BCUT2D eigenvalue weighted by Crippen LogP contribution is -2.17. The summed E-state index contributed by atoms with van der Waals surface area (Å²) >= 11 is 0. The molecule has 0 bridgehead atoms. The Balaban J connectivity index is 1.70. The predicted molar refractivity (Wildman–Crippen MR) is 114 cm³/mol. The van der Waals surface area contributed by atoms with E-state index < -0.39 is 4.92 Å². The highest BCUT2D eigenvalue weighted by atomic mass is 16.6. The zero-order valence-corrected chi connectivity index (χ0v) is 16.5. The number of anilines is 3. The van der Waals surface area contributed by atoms with Gasteiger partial charge in [0.25, 0.3) is 5.69 Å². The van der Waals surface area contributed by atoms with E-state index >= 15 is 0 Å². The first-order valence-electron chi connectivity index (χ1n) is 9.78. The number of nitrogens with one attached hydrogen (secondary N) is 2. The zero-order valence-electron chi connectivity index (χ0n) is 16.5. The number of hydrogen-bond donors (Lipinski definition) is 2. The standard InChI is InChI=1S/C21H22N6O3/c1-30-16-6-7-17(19(12-16)27(28)29)24-20-13-18(14-8-10-22-11-9-14)25-21(26-20)23-15-4-2-3-5-15/h6-13,15H,2-5H2,1H3,(H2,23,24,25,26). The third-order valence-electron chi connectivity index (χ3n) is 5.05. The third-order valence-corrected chi connectivity index (χ3v) is 5.05. The largest absolute Gasteiger partial charge is 0.496 e. The van der Waals surface area contributed by atoms with Crippen molar-refractivity contribution in [1.29, 1.82) is 0 Å². The van der Waals surface area contributed by atoms with Crippen LogP contribution in [0.2, 0.25) is 0 Å². The van der Waals surface area contributed by atoms with Crippen LogP contribution in [-0.2, 0) is 0 Å². The van der Waals surface area contributed by atoms with E-state index in [9.17, 15) is 10.1 Å². The summed E-state index contributed by atoms with van der Waals surface area (Å²) in [5.74, 6) is 1.37. The van der Waals surface area contributed by atoms with Gasteiger partial charge in [-0.1, -0.05) is 12.8 Å². The summed E-state index contributed by atoms with van der Waals surface area (Å²) in [5, 5.41) is 18.0. The van der Waals surface area contributed by atoms with Gasteiger partial charge in [0.05, 0.1) is 23.8 Å². The Kier molecular flexibility index (Phi) is 5.69. The molecule has 154 valence electrons. The lowest BCUT2D eigenvalue weighted by molar-refractivity contribution is -0.384. The Labute approximate surface area is 173 Å². The first-order valence-corrected chi connectivity index (χ1v) is 9.78. The fourth-order valence-electron chi connectivity index (χ4n) is 3.53. The van der Waals surface area contributed by atoms with Gasteiger partial charge in [0.1, 0.15) is 17.3 Å². The molecule has 9 nitrogen and oxygen atoms in total. The summed E-state index contributed by atoms with van der Waals surface area (Å²) in [6.07, 6.45) is 7.92. The number of aromatic nitrogens is 3. The van der Waals surface area contributed by atoms with Gasteiger partial charge in [0, 0.05) is 30.1 Å². The van der Waals surface area contributed by atoms with Crippen molar-refractivity contribution in [3.05, 3.63) is 58.9 Å². The molecular formula is C21H22N6O3. The molecule has 9 heteroatoms. The van der Waals surface area contributed by atoms with Gasteiger partial charge in [-0.05, 0) is 37.1 Å². The van der Waals surface area contributed by atoms with Gasteiger partial charge >= 0.3 is 0 Å². The van der Waals surface area contributed by atoms with E-state index in [1.807, 2.05) is 12.1 Å². The predicted octanol–water partition coefficient (Wildman–Crippen LogP) is 4.55. The second-order valence-corrected chi connectivity index (χ2v) is 7.09. The molecule has 1 aliphatic carbocycles. The summed E-state index contributed by atoms with van der Waals surface area (Å²) in [6.45, 7) is 0. The third kappa shape index (κ3) is 4.45. The molecule has 0 radical (unpaired) electrons. The number of hydrogen-bond acceptors (Lipinski definition) is 8. The highest BCUT2D eigenvalue weighted by Gasteiger charge is 2.19. The molecular weight excluding hydrogens is 384 g/mol. The van der Waals surface area contributed by atoms with Crippen molar-refractivity contribution in [1.82, 2.24) is 15.0 Å². The van der Waals surface area contributed by atoms with Crippen LogP contribution in [0.3, 0.4) is 0 Å². The monoisotopic (exact) mass is 406 g/mol. The first kappa shape index (κ1) is 19.6. The topological polar surface area (TPSA) is 115 Å². The number of pyridine rings is 1. The van der Waals surface area contributed by atoms with Gasteiger partial charge in [-0.3, -0.25) is 15.1 Å². The van der Waals surface area contributed by atoms with Crippen molar-refractivity contribution in [2.45, 2.75) is 31.7 Å². The minimum atomic E-state index is -0.451. The van der Waals surface area contributed by atoms with Crippen LogP contribution in [0.15, 0.2) is 48.8 Å². The number of nitrogens with zero attached hydrogens (tertiary/aromatic N) is 4. The van der Waals surface area contributed by atoms with Crippen LogP contribution < -0.4 is 15.4 Å². The molecule has 0 atom stereocenters. The van der Waals surface area contributed by atoms with Crippen molar-refractivity contribution in [3.8, 4) is 17.0 Å². The fourth-order valence-corrected chi connectivity index (χ4v) is 3.53. The van der Waals surface area contributed by atoms with Crippen LogP contribution in [-0.4, -0.2) is 33.0 Å². The molecule has 1 aromatic carbocycles. The van der Waals surface area contributed by atoms with Crippen LogP contribution in [0.25, 0.3) is 11.3 Å². The van der Waals surface area contributed by atoms with Crippen molar-refractivity contribution in [2.24, 2.45) is 0 Å². The normalized spacial score (nSPS) is 13.8. The maximum atomic E-state index is 11.5. The maximum absolute atomic E-state index is 11.5. The minimum Gasteiger partial charge on any atom is -0.496 e. The van der Waals surface area contributed by atoms with Crippen LogP contribution >= 0.6 is 0 Å². The highest BCUT2D eigenvalue weighted by Crippen LogP contribution is 2.32. The van der Waals surface area contributed by atoms with E-state index in [0.717, 1.165) is 18.4 Å². The molecule has 0 amide bonds. The van der Waals surface area contributed by atoms with Gasteiger partial charge in [0.15, 0.2) is 0 Å². The summed E-state index contributed by atoms with van der Waals surface area (Å²) < 4.78 is 5.11. The lowest BCUT2D eigenvalue weighted by Gasteiger charge is -2.15. The Morgan fingerprint density at radius 3 is 2.57 bits per heavy atom. The van der Waals surface area contributed by atoms with Crippen molar-refractivity contribution < 1.29 is 9.66 Å². The molecule has 0 spiro atoms. The van der Waals surface area contributed by atoms with Crippen LogP contribution in [0.5, 0.6) is 5.75 Å². The summed E-state index contributed by atoms with van der Waals surface area (Å²) in [6, 6.07) is 10.5. The number of nitro groups is 1. The second kappa shape index (κ2) is 8.73. The SMILES string of the molecule is COc1ccc(Nc2cc(-c3ccncc3)nc(NC3CCCC3)n2)c([N+](=O)[O-])c1. The fraction of sp³-hybridized carbons (Fsp3) is 0.286. The summed E-state index contributed by atoms with van der Waals surface area (Å²) in [4.78, 5) is 24.3. The van der Waals surface area contributed by atoms with E-state index in [-0.39, 0.29) is 5.69 Å². The van der Waals surface area contributed by atoms with E-state index in [1.165, 1.54) is 26.0 Å². The van der Waals surface area contributed by atoms with E-state index in [0.29, 0.717) is 34.9 Å². The number of rotatable bonds is 7. The van der Waals surface area contributed by atoms with Crippen LogP contribution in [0.4, 0.5) is 23.1 Å². The molecule has 4 rings (SSSR count). The van der Waals surface area contributed by atoms with Crippen LogP contribution in [0.1, 0.15) is 25.7 Å². The molecule has 2 N–H and O–H groups in total. The lowest BCUT2D eigenvalue weighted by atomic mass is 10.2. The van der Waals surface area contributed by atoms with E-state index in [4.69, 9.17) is 4.74 Å². The molecule has 1 saturated carbocycles. The molecule has 1 aliphatic rings. The number of ether oxygens (including phenoxy) is 1. The molecule has 0 unspecified atom stereocenters. The Hall–Kier alpha value is -3.75. The number of benzene rings is 1. The van der Waals surface area contributed by atoms with Gasteiger partial charge in [-0.2, -0.15) is 4.98 Å². The molecule has 30 heavy (non-hydrogen) atoms. The van der Waals surface area contributed by atoms with E-state index in [2.05, 4.69) is 25.6 Å². The molecule has 0 aliphatic heterocycles. The van der Waals surface area contributed by atoms with Gasteiger partial charge < -0.3 is 15.4 Å². The Bertz CT molecular complexity index is 1040. The molecule has 0 saturated heterocycles. The quantitative estimate of drug-likeness (QED) is 0.434. The Morgan fingerprint density at radius 1 is 1.10 bits per heavy atom. The molecule has 1 fully saturated rings. The average molecular weight is 406 g/mol. The second-order valence-electron chi connectivity index (χ2n) is 7.09. The van der Waals surface area contributed by atoms with E-state index in [1.54, 1.807) is 30.6 Å². The number of methoxy groups -OCH3 is 1.